The number of allylic oxidation sites excluding steroid dienone is 2. The van der Waals surface area contributed by atoms with Crippen LogP contribution in [0, 0.1) is 0 Å². The molecule has 6 nitrogen and oxygen atoms in total. The number of hydrogen-bond donors (Lipinski definition) is 1. The summed E-state index contributed by atoms with van der Waals surface area (Å²) in [5, 5.41) is 10.9. The van der Waals surface area contributed by atoms with Crippen LogP contribution in [0.1, 0.15) is 63.3 Å². The van der Waals surface area contributed by atoms with E-state index in [9.17, 15) is 5.11 Å². The summed E-state index contributed by atoms with van der Waals surface area (Å²) in [5.74, 6) is 3.69. The minimum Gasteiger partial charge on any atom is -0.504 e. The molecule has 0 saturated carbocycles. The fourth-order valence-electron chi connectivity index (χ4n) is 5.34. The molecule has 0 aromatic heterocycles. The Bertz CT molecular complexity index is 1160. The zero-order chi connectivity index (χ0) is 22.3. The van der Waals surface area contributed by atoms with Gasteiger partial charge in [0, 0.05) is 22.8 Å². The van der Waals surface area contributed by atoms with E-state index in [0.29, 0.717) is 18.1 Å². The van der Waals surface area contributed by atoms with Gasteiger partial charge in [-0.25, -0.2) is 0 Å². The van der Waals surface area contributed by atoms with Gasteiger partial charge in [-0.05, 0) is 59.1 Å². The third-order valence-corrected chi connectivity index (χ3v) is 7.08. The van der Waals surface area contributed by atoms with Crippen LogP contribution in [0.3, 0.4) is 0 Å². The minimum absolute atomic E-state index is 0.141. The zero-order valence-electron chi connectivity index (χ0n) is 18.9. The van der Waals surface area contributed by atoms with Crippen LogP contribution >= 0.6 is 0 Å². The number of aromatic hydroxyl groups is 1. The van der Waals surface area contributed by atoms with Crippen molar-refractivity contribution in [2.75, 3.05) is 13.4 Å². The van der Waals surface area contributed by atoms with Crippen molar-refractivity contribution in [1.29, 1.82) is 0 Å². The Labute approximate surface area is 187 Å². The molecule has 0 bridgehead atoms. The molecule has 2 aromatic rings. The molecule has 0 spiro atoms. The molecule has 32 heavy (non-hydrogen) atoms. The molecule has 4 aliphatic heterocycles. The standard InChI is InChI=1S/C26H28O6/c1-14(2)5-8-26-12-28-22-15-6-7-25(3,4)32-23(15)18(27)9-16(22)24(26)31-19-11-21-20(10-17(19)26)29-13-30-21/h5,9-11,24,27H,6-8,12-13H2,1-4H3/t24-,26-/m1/s1. The lowest BCUT2D eigenvalue weighted by Crippen LogP contribution is -2.42. The van der Waals surface area contributed by atoms with E-state index in [0.717, 1.165) is 53.2 Å². The molecule has 2 atom stereocenters. The zero-order valence-corrected chi connectivity index (χ0v) is 18.9. The summed E-state index contributed by atoms with van der Waals surface area (Å²) in [6.07, 6.45) is 4.35. The van der Waals surface area contributed by atoms with E-state index in [2.05, 4.69) is 19.9 Å². The second kappa shape index (κ2) is 6.50. The SMILES string of the molecule is CC(C)=CC[C@]12COc3c(cc(O)c4c3CCC(C)(C)O4)[C@H]1Oc1cc3c(cc12)OCO3. The summed E-state index contributed by atoms with van der Waals surface area (Å²) in [7, 11) is 0. The van der Waals surface area contributed by atoms with Gasteiger partial charge in [0.05, 0.1) is 5.41 Å². The van der Waals surface area contributed by atoms with Crippen molar-refractivity contribution in [3.8, 4) is 34.5 Å². The molecule has 6 rings (SSSR count). The summed E-state index contributed by atoms with van der Waals surface area (Å²) >= 11 is 0. The van der Waals surface area contributed by atoms with Crippen molar-refractivity contribution in [2.45, 2.75) is 64.1 Å². The quantitative estimate of drug-likeness (QED) is 0.641. The topological polar surface area (TPSA) is 66.4 Å². The molecule has 0 saturated heterocycles. The molecule has 4 aliphatic rings. The van der Waals surface area contributed by atoms with Gasteiger partial charge in [-0.2, -0.15) is 0 Å². The molecular weight excluding hydrogens is 408 g/mol. The average Bonchev–Trinajstić information content (AvgIpc) is 3.32. The van der Waals surface area contributed by atoms with Crippen molar-refractivity contribution in [2.24, 2.45) is 0 Å². The second-order valence-electron chi connectivity index (χ2n) is 10.1. The minimum atomic E-state index is -0.421. The Kier molecular flexibility index (Phi) is 3.99. The lowest BCUT2D eigenvalue weighted by molar-refractivity contribution is 0.0604. The van der Waals surface area contributed by atoms with E-state index in [4.69, 9.17) is 23.7 Å². The van der Waals surface area contributed by atoms with Crippen LogP contribution in [0.4, 0.5) is 0 Å². The van der Waals surface area contributed by atoms with Gasteiger partial charge in [0.25, 0.3) is 0 Å². The Morgan fingerprint density at radius 3 is 2.62 bits per heavy atom. The number of hydrogen-bond acceptors (Lipinski definition) is 6. The Morgan fingerprint density at radius 1 is 1.06 bits per heavy atom. The number of phenolic OH excluding ortho intramolecular Hbond substituents is 1. The first-order valence-electron chi connectivity index (χ1n) is 11.2. The molecule has 0 amide bonds. The van der Waals surface area contributed by atoms with Crippen LogP contribution in [-0.4, -0.2) is 24.1 Å². The maximum Gasteiger partial charge on any atom is 0.231 e. The smallest absolute Gasteiger partial charge is 0.231 e. The highest BCUT2D eigenvalue weighted by molar-refractivity contribution is 5.65. The Morgan fingerprint density at radius 2 is 1.84 bits per heavy atom. The van der Waals surface area contributed by atoms with Gasteiger partial charge < -0.3 is 28.8 Å². The highest BCUT2D eigenvalue weighted by Gasteiger charge is 2.55. The number of benzene rings is 2. The highest BCUT2D eigenvalue weighted by atomic mass is 16.7. The summed E-state index contributed by atoms with van der Waals surface area (Å²) in [6.45, 7) is 8.97. The molecule has 2 aromatic carbocycles. The van der Waals surface area contributed by atoms with E-state index in [-0.39, 0.29) is 24.2 Å². The first-order chi connectivity index (χ1) is 15.3. The van der Waals surface area contributed by atoms with Crippen LogP contribution in [-0.2, 0) is 11.8 Å². The van der Waals surface area contributed by atoms with Gasteiger partial charge in [0.2, 0.25) is 6.79 Å². The molecule has 0 unspecified atom stereocenters. The number of fused-ring (bicyclic) bond motifs is 8. The van der Waals surface area contributed by atoms with E-state index in [1.807, 2.05) is 26.0 Å². The van der Waals surface area contributed by atoms with Gasteiger partial charge in [-0.3, -0.25) is 0 Å². The first-order valence-corrected chi connectivity index (χ1v) is 11.2. The maximum absolute atomic E-state index is 10.9. The summed E-state index contributed by atoms with van der Waals surface area (Å²) in [4.78, 5) is 0. The third kappa shape index (κ3) is 2.71. The Balaban J connectivity index is 1.51. The van der Waals surface area contributed by atoms with E-state index in [1.54, 1.807) is 6.07 Å². The van der Waals surface area contributed by atoms with Crippen LogP contribution < -0.4 is 23.7 Å². The van der Waals surface area contributed by atoms with Gasteiger partial charge >= 0.3 is 0 Å². The van der Waals surface area contributed by atoms with Gasteiger partial charge in [0.15, 0.2) is 23.0 Å². The average molecular weight is 437 g/mol. The maximum atomic E-state index is 10.9. The van der Waals surface area contributed by atoms with E-state index in [1.165, 1.54) is 5.57 Å². The number of ether oxygens (including phenoxy) is 5. The van der Waals surface area contributed by atoms with Crippen molar-refractivity contribution in [3.63, 3.8) is 0 Å². The van der Waals surface area contributed by atoms with E-state index >= 15 is 0 Å². The van der Waals surface area contributed by atoms with Crippen molar-refractivity contribution in [3.05, 3.63) is 46.5 Å². The van der Waals surface area contributed by atoms with Crippen LogP contribution in [0.2, 0.25) is 0 Å². The lowest BCUT2D eigenvalue weighted by Gasteiger charge is -2.41. The molecule has 4 heterocycles. The molecule has 0 fully saturated rings. The normalized spacial score (nSPS) is 25.3. The molecule has 1 N–H and O–H groups in total. The summed E-state index contributed by atoms with van der Waals surface area (Å²) < 4.78 is 30.5. The van der Waals surface area contributed by atoms with Crippen molar-refractivity contribution in [1.82, 2.24) is 0 Å². The Hall–Kier alpha value is -3.02. The second-order valence-corrected chi connectivity index (χ2v) is 10.1. The molecule has 0 radical (unpaired) electrons. The van der Waals surface area contributed by atoms with Gasteiger partial charge in [-0.1, -0.05) is 11.6 Å². The van der Waals surface area contributed by atoms with Crippen LogP contribution in [0.15, 0.2) is 29.8 Å². The lowest BCUT2D eigenvalue weighted by atomic mass is 9.70. The monoisotopic (exact) mass is 436 g/mol. The number of phenols is 1. The van der Waals surface area contributed by atoms with Crippen LogP contribution in [0.25, 0.3) is 0 Å². The predicted molar refractivity (Wildman–Crippen MR) is 118 cm³/mol. The van der Waals surface area contributed by atoms with Crippen LogP contribution in [0.5, 0.6) is 34.5 Å². The van der Waals surface area contributed by atoms with Gasteiger partial charge in [-0.15, -0.1) is 0 Å². The summed E-state index contributed by atoms with van der Waals surface area (Å²) in [5.41, 5.74) is 3.36. The first kappa shape index (κ1) is 19.6. The predicted octanol–water partition coefficient (Wildman–Crippen LogP) is 5.34. The van der Waals surface area contributed by atoms with Crippen molar-refractivity contribution >= 4 is 0 Å². The fraction of sp³-hybridized carbons (Fsp3) is 0.462. The molecular formula is C26H28O6. The third-order valence-electron chi connectivity index (χ3n) is 7.08. The molecule has 0 aliphatic carbocycles. The number of rotatable bonds is 2. The van der Waals surface area contributed by atoms with Crippen molar-refractivity contribution < 1.29 is 28.8 Å². The molecule has 6 heteroatoms. The van der Waals surface area contributed by atoms with E-state index < -0.39 is 5.41 Å². The highest BCUT2D eigenvalue weighted by Crippen LogP contribution is 2.61. The fourth-order valence-corrected chi connectivity index (χ4v) is 5.34. The van der Waals surface area contributed by atoms with Gasteiger partial charge in [0.1, 0.15) is 29.8 Å². The molecule has 168 valence electrons. The largest absolute Gasteiger partial charge is 0.504 e. The summed E-state index contributed by atoms with van der Waals surface area (Å²) in [6, 6.07) is 5.72.